The summed E-state index contributed by atoms with van der Waals surface area (Å²) in [7, 11) is 0. The van der Waals surface area contributed by atoms with E-state index in [0.29, 0.717) is 0 Å². The Bertz CT molecular complexity index is 215. The Morgan fingerprint density at radius 3 is 2.70 bits per heavy atom. The SMILES string of the molecule is N#C[S+](N=C=O)OC(=O)O. The molecule has 0 amide bonds. The highest BCUT2D eigenvalue weighted by atomic mass is 32.2. The summed E-state index contributed by atoms with van der Waals surface area (Å²) >= 11 is -1.85. The van der Waals surface area contributed by atoms with Crippen LogP contribution in [0.25, 0.3) is 0 Å². The highest BCUT2D eigenvalue weighted by Gasteiger charge is 2.26. The molecule has 1 unspecified atom stereocenters. The van der Waals surface area contributed by atoms with Gasteiger partial charge in [0.05, 0.1) is 4.40 Å². The lowest BCUT2D eigenvalue weighted by Gasteiger charge is -1.79. The average molecular weight is 161 g/mol. The van der Waals surface area contributed by atoms with Crippen LogP contribution in [0, 0.1) is 10.7 Å². The topological polar surface area (TPSA) is 99.8 Å². The molecule has 0 aliphatic rings. The predicted octanol–water partition coefficient (Wildman–Crippen LogP) is -0.0538. The Hall–Kier alpha value is -1.51. The quantitative estimate of drug-likeness (QED) is 0.265. The Balaban J connectivity index is 3.99. The Labute approximate surface area is 58.4 Å². The molecule has 0 aromatic heterocycles. The van der Waals surface area contributed by atoms with Gasteiger partial charge in [0, 0.05) is 0 Å². The number of nitrogens with zero attached hydrogens (tertiary/aromatic N) is 2. The van der Waals surface area contributed by atoms with E-state index in [2.05, 4.69) is 8.58 Å². The third kappa shape index (κ3) is 3.49. The zero-order valence-corrected chi connectivity index (χ0v) is 5.29. The number of carbonyl (C=O) groups excluding carboxylic acids is 1. The van der Waals surface area contributed by atoms with Crippen molar-refractivity contribution in [1.29, 1.82) is 5.26 Å². The Morgan fingerprint density at radius 2 is 2.40 bits per heavy atom. The molecule has 0 saturated carbocycles. The molecule has 0 heterocycles. The Kier molecular flexibility index (Phi) is 3.72. The van der Waals surface area contributed by atoms with Crippen LogP contribution in [0.3, 0.4) is 0 Å². The lowest BCUT2D eigenvalue weighted by molar-refractivity contribution is 0.151. The largest absolute Gasteiger partial charge is 0.559 e. The van der Waals surface area contributed by atoms with Crippen LogP contribution in [0.4, 0.5) is 4.79 Å². The van der Waals surface area contributed by atoms with Gasteiger partial charge in [-0.1, -0.05) is 0 Å². The molecule has 0 radical (unpaired) electrons. The fourth-order valence-electron chi connectivity index (χ4n) is 0.159. The smallest absolute Gasteiger partial charge is 0.447 e. The summed E-state index contributed by atoms with van der Waals surface area (Å²) in [5.41, 5.74) is 0. The molecule has 10 heavy (non-hydrogen) atoms. The van der Waals surface area contributed by atoms with Crippen molar-refractivity contribution in [2.45, 2.75) is 0 Å². The molecular weight excluding hydrogens is 160 g/mol. The number of hydrogen-bond acceptors (Lipinski definition) is 5. The van der Waals surface area contributed by atoms with Crippen LogP contribution in [0.1, 0.15) is 0 Å². The van der Waals surface area contributed by atoms with Crippen molar-refractivity contribution in [2.24, 2.45) is 4.40 Å². The molecule has 6 nitrogen and oxygen atoms in total. The van der Waals surface area contributed by atoms with Gasteiger partial charge >= 0.3 is 22.9 Å². The van der Waals surface area contributed by atoms with E-state index in [-0.39, 0.29) is 0 Å². The molecule has 7 heteroatoms. The van der Waals surface area contributed by atoms with Crippen molar-refractivity contribution in [1.82, 2.24) is 0 Å². The van der Waals surface area contributed by atoms with E-state index < -0.39 is 17.5 Å². The van der Waals surface area contributed by atoms with Crippen LogP contribution in [-0.2, 0) is 20.3 Å². The van der Waals surface area contributed by atoms with Gasteiger partial charge in [-0.15, -0.1) is 5.26 Å². The first-order valence-corrected chi connectivity index (χ1v) is 2.94. The van der Waals surface area contributed by atoms with Gasteiger partial charge in [-0.25, -0.2) is 4.79 Å². The number of isocyanates is 1. The molecule has 1 atom stereocenters. The van der Waals surface area contributed by atoms with Gasteiger partial charge in [0.25, 0.3) is 6.08 Å². The number of nitriles is 1. The summed E-state index contributed by atoms with van der Waals surface area (Å²) < 4.78 is 6.53. The van der Waals surface area contributed by atoms with Crippen LogP contribution in [0.2, 0.25) is 0 Å². The molecule has 52 valence electrons. The summed E-state index contributed by atoms with van der Waals surface area (Å²) in [4.78, 5) is 19.1. The third-order valence-corrected chi connectivity index (χ3v) is 1.05. The van der Waals surface area contributed by atoms with Crippen LogP contribution in [0.15, 0.2) is 4.40 Å². The average Bonchev–Trinajstić information content (AvgIpc) is 1.86. The third-order valence-electron chi connectivity index (χ3n) is 0.348. The maximum Gasteiger partial charge on any atom is 0.559 e. The second-order valence-corrected chi connectivity index (χ2v) is 1.90. The highest BCUT2D eigenvalue weighted by Crippen LogP contribution is 1.96. The summed E-state index contributed by atoms with van der Waals surface area (Å²) in [6.45, 7) is 0. The van der Waals surface area contributed by atoms with E-state index in [1.165, 1.54) is 5.40 Å². The molecule has 0 rings (SSSR count). The summed E-state index contributed by atoms with van der Waals surface area (Å²) in [5.74, 6) is 0. The maximum atomic E-state index is 9.69. The summed E-state index contributed by atoms with van der Waals surface area (Å²) in [6, 6.07) is 0. The van der Waals surface area contributed by atoms with E-state index in [1.807, 2.05) is 0 Å². The maximum absolute atomic E-state index is 9.69. The minimum atomic E-state index is -1.85. The molecule has 0 spiro atoms. The van der Waals surface area contributed by atoms with E-state index >= 15 is 0 Å². The lowest BCUT2D eigenvalue weighted by atomic mass is 11.5. The standard InChI is InChI=1S/C3N2O4S/c4-1-10(5-2-6)9-3(7)8/p+1. The first-order chi connectivity index (χ1) is 4.70. The number of hydrogen-bond donors (Lipinski definition) is 1. The molecule has 0 aliphatic heterocycles. The zero-order chi connectivity index (χ0) is 7.98. The van der Waals surface area contributed by atoms with Crippen molar-refractivity contribution in [2.75, 3.05) is 0 Å². The zero-order valence-electron chi connectivity index (χ0n) is 4.47. The van der Waals surface area contributed by atoms with Crippen LogP contribution in [0.5, 0.6) is 0 Å². The number of carboxylic acid groups (broad SMARTS) is 1. The monoisotopic (exact) mass is 161 g/mol. The van der Waals surface area contributed by atoms with Crippen molar-refractivity contribution < 1.29 is 18.9 Å². The highest BCUT2D eigenvalue weighted by molar-refractivity contribution is 7.96. The normalized spacial score (nSPS) is 10.3. The van der Waals surface area contributed by atoms with E-state index in [1.54, 1.807) is 0 Å². The van der Waals surface area contributed by atoms with Gasteiger partial charge in [0.2, 0.25) is 0 Å². The minimum Gasteiger partial charge on any atom is -0.447 e. The number of rotatable bonds is 2. The Morgan fingerprint density at radius 1 is 1.80 bits per heavy atom. The van der Waals surface area contributed by atoms with Gasteiger partial charge in [-0.3, -0.25) is 0 Å². The van der Waals surface area contributed by atoms with Crippen molar-refractivity contribution in [3.63, 3.8) is 0 Å². The molecule has 0 fully saturated rings. The first kappa shape index (κ1) is 8.49. The van der Waals surface area contributed by atoms with Crippen LogP contribution in [-0.4, -0.2) is 17.3 Å². The second kappa shape index (κ2) is 4.38. The summed E-state index contributed by atoms with van der Waals surface area (Å²) in [5, 5.41) is 17.2. The molecule has 0 aromatic rings. The molecule has 0 saturated heterocycles. The minimum absolute atomic E-state index is 1.00. The van der Waals surface area contributed by atoms with Crippen molar-refractivity contribution >= 4 is 23.6 Å². The fourth-order valence-corrected chi connectivity index (χ4v) is 0.477. The fraction of sp³-hybridized carbons (Fsp3) is 0. The van der Waals surface area contributed by atoms with E-state index in [0.717, 1.165) is 6.08 Å². The van der Waals surface area contributed by atoms with Crippen molar-refractivity contribution in [3.05, 3.63) is 0 Å². The molecule has 0 aliphatic carbocycles. The van der Waals surface area contributed by atoms with Crippen LogP contribution >= 0.6 is 0 Å². The van der Waals surface area contributed by atoms with Crippen LogP contribution < -0.4 is 0 Å². The second-order valence-electron chi connectivity index (χ2n) is 0.872. The summed E-state index contributed by atoms with van der Waals surface area (Å²) in [6.07, 6.45) is -0.649. The first-order valence-electron chi connectivity index (χ1n) is 1.84. The van der Waals surface area contributed by atoms with E-state index in [9.17, 15) is 9.59 Å². The molecule has 0 bridgehead atoms. The predicted molar refractivity (Wildman–Crippen MR) is 30.2 cm³/mol. The number of carbonyl (C=O) groups is 1. The number of thiocyanates is 1. The lowest BCUT2D eigenvalue weighted by Crippen LogP contribution is -2.05. The molecule has 1 N–H and O–H groups in total. The van der Waals surface area contributed by atoms with Gasteiger partial charge in [0.1, 0.15) is 0 Å². The van der Waals surface area contributed by atoms with Gasteiger partial charge in [-0.05, 0) is 0 Å². The van der Waals surface area contributed by atoms with Crippen molar-refractivity contribution in [3.8, 4) is 5.40 Å². The van der Waals surface area contributed by atoms with Gasteiger partial charge in [-0.2, -0.15) is 8.98 Å². The van der Waals surface area contributed by atoms with Gasteiger partial charge < -0.3 is 5.11 Å². The molecule has 0 aromatic carbocycles. The van der Waals surface area contributed by atoms with Gasteiger partial charge in [0.15, 0.2) is 0 Å². The molecular formula is C3HN2O4S+. The van der Waals surface area contributed by atoms with E-state index in [4.69, 9.17) is 10.4 Å².